The average Bonchev–Trinajstić information content (AvgIpc) is 2.95. The number of Topliss-reactive ketones (excluding diaryl/α,β-unsaturated/α-hetero) is 1. The standard InChI is InChI=1S/C19H18N2O4S/c1-11(22)12-5-7-13(8-6-12)18(23)20-19-21(2)14-9-15(24-3)16(25-4)10-17(14)26-19/h5-10H,1-4H3. The van der Waals surface area contributed by atoms with Crippen molar-refractivity contribution >= 4 is 33.2 Å². The first-order chi connectivity index (χ1) is 12.4. The molecule has 2 aromatic carbocycles. The van der Waals surface area contributed by atoms with Gasteiger partial charge in [0.1, 0.15) is 0 Å². The molecule has 1 heterocycles. The Labute approximate surface area is 154 Å². The molecule has 134 valence electrons. The number of carbonyl (C=O) groups is 2. The monoisotopic (exact) mass is 370 g/mol. The maximum atomic E-state index is 12.5. The third kappa shape index (κ3) is 3.25. The number of benzene rings is 2. The molecule has 0 aliphatic rings. The van der Waals surface area contributed by atoms with Crippen LogP contribution >= 0.6 is 11.3 Å². The zero-order valence-corrected chi connectivity index (χ0v) is 15.7. The van der Waals surface area contributed by atoms with Gasteiger partial charge < -0.3 is 14.0 Å². The molecule has 7 heteroatoms. The maximum absolute atomic E-state index is 12.5. The lowest BCUT2D eigenvalue weighted by Crippen LogP contribution is -2.13. The molecule has 0 radical (unpaired) electrons. The number of hydrogen-bond acceptors (Lipinski definition) is 5. The number of methoxy groups -OCH3 is 2. The highest BCUT2D eigenvalue weighted by Crippen LogP contribution is 2.33. The van der Waals surface area contributed by atoms with Crippen LogP contribution in [-0.4, -0.2) is 30.5 Å². The minimum Gasteiger partial charge on any atom is -0.493 e. The van der Waals surface area contributed by atoms with Crippen molar-refractivity contribution in [2.24, 2.45) is 12.0 Å². The van der Waals surface area contributed by atoms with Gasteiger partial charge >= 0.3 is 0 Å². The number of ether oxygens (including phenoxy) is 2. The average molecular weight is 370 g/mol. The molecule has 0 bridgehead atoms. The minimum atomic E-state index is -0.360. The molecular formula is C19H18N2O4S. The van der Waals surface area contributed by atoms with Gasteiger partial charge in [-0.15, -0.1) is 0 Å². The lowest BCUT2D eigenvalue weighted by Gasteiger charge is -2.07. The number of ketones is 1. The molecule has 0 unspecified atom stereocenters. The van der Waals surface area contributed by atoms with Crippen LogP contribution in [0.3, 0.4) is 0 Å². The summed E-state index contributed by atoms with van der Waals surface area (Å²) in [6.07, 6.45) is 0. The zero-order chi connectivity index (χ0) is 18.8. The number of aryl methyl sites for hydroxylation is 1. The van der Waals surface area contributed by atoms with E-state index in [0.29, 0.717) is 27.4 Å². The van der Waals surface area contributed by atoms with E-state index in [2.05, 4.69) is 4.99 Å². The molecule has 0 aliphatic carbocycles. The number of fused-ring (bicyclic) bond motifs is 1. The summed E-state index contributed by atoms with van der Waals surface area (Å²) in [5.74, 6) is 0.839. The quantitative estimate of drug-likeness (QED) is 0.661. The lowest BCUT2D eigenvalue weighted by atomic mass is 10.1. The van der Waals surface area contributed by atoms with Gasteiger partial charge in [-0.25, -0.2) is 0 Å². The molecule has 1 aromatic heterocycles. The van der Waals surface area contributed by atoms with E-state index in [4.69, 9.17) is 9.47 Å². The van der Waals surface area contributed by atoms with Crippen LogP contribution in [0.5, 0.6) is 11.5 Å². The molecule has 6 nitrogen and oxygen atoms in total. The maximum Gasteiger partial charge on any atom is 0.279 e. The number of amides is 1. The Hall–Kier alpha value is -2.93. The van der Waals surface area contributed by atoms with Gasteiger partial charge in [0.25, 0.3) is 5.91 Å². The zero-order valence-electron chi connectivity index (χ0n) is 14.9. The second kappa shape index (κ2) is 7.13. The van der Waals surface area contributed by atoms with E-state index in [0.717, 1.165) is 10.2 Å². The molecule has 0 saturated heterocycles. The van der Waals surface area contributed by atoms with Crippen LogP contribution in [-0.2, 0) is 7.05 Å². The first-order valence-electron chi connectivity index (χ1n) is 7.86. The van der Waals surface area contributed by atoms with E-state index in [1.807, 2.05) is 23.7 Å². The Morgan fingerprint density at radius 2 is 1.58 bits per heavy atom. The van der Waals surface area contributed by atoms with E-state index in [-0.39, 0.29) is 11.7 Å². The highest BCUT2D eigenvalue weighted by molar-refractivity contribution is 7.16. The summed E-state index contributed by atoms with van der Waals surface area (Å²) in [6, 6.07) is 10.2. The molecule has 3 aromatic rings. The number of thiazole rings is 1. The fourth-order valence-electron chi connectivity index (χ4n) is 2.56. The summed E-state index contributed by atoms with van der Waals surface area (Å²) < 4.78 is 13.4. The minimum absolute atomic E-state index is 0.0419. The van der Waals surface area contributed by atoms with Crippen molar-refractivity contribution in [2.45, 2.75) is 6.92 Å². The van der Waals surface area contributed by atoms with Gasteiger partial charge in [-0.3, -0.25) is 9.59 Å². The fourth-order valence-corrected chi connectivity index (χ4v) is 3.59. The van der Waals surface area contributed by atoms with Crippen molar-refractivity contribution in [3.05, 3.63) is 52.3 Å². The first kappa shape index (κ1) is 17.9. The summed E-state index contributed by atoms with van der Waals surface area (Å²) in [4.78, 5) is 28.6. The number of rotatable bonds is 4. The van der Waals surface area contributed by atoms with Gasteiger partial charge in [-0.05, 0) is 19.1 Å². The third-order valence-electron chi connectivity index (χ3n) is 4.05. The van der Waals surface area contributed by atoms with Crippen LogP contribution in [0.15, 0.2) is 41.4 Å². The van der Waals surface area contributed by atoms with Crippen molar-refractivity contribution in [3.8, 4) is 11.5 Å². The van der Waals surface area contributed by atoms with Crippen LogP contribution in [0.2, 0.25) is 0 Å². The van der Waals surface area contributed by atoms with Crippen molar-refractivity contribution in [1.29, 1.82) is 0 Å². The molecule has 0 fully saturated rings. The number of nitrogens with zero attached hydrogens (tertiary/aromatic N) is 2. The first-order valence-corrected chi connectivity index (χ1v) is 8.68. The van der Waals surface area contributed by atoms with Crippen LogP contribution < -0.4 is 14.3 Å². The van der Waals surface area contributed by atoms with Gasteiger partial charge in [0.05, 0.1) is 24.4 Å². The number of hydrogen-bond donors (Lipinski definition) is 0. The second-order valence-corrected chi connectivity index (χ2v) is 6.68. The number of carbonyl (C=O) groups excluding carboxylic acids is 2. The normalized spacial score (nSPS) is 11.6. The lowest BCUT2D eigenvalue weighted by molar-refractivity contribution is 0.0991. The molecule has 26 heavy (non-hydrogen) atoms. The van der Waals surface area contributed by atoms with Crippen LogP contribution in [0, 0.1) is 0 Å². The van der Waals surface area contributed by atoms with Crippen molar-refractivity contribution < 1.29 is 19.1 Å². The van der Waals surface area contributed by atoms with Gasteiger partial charge in [0, 0.05) is 30.3 Å². The Kier molecular flexibility index (Phi) is 4.90. The molecule has 0 N–H and O–H groups in total. The Bertz CT molecular complexity index is 1060. The van der Waals surface area contributed by atoms with Crippen molar-refractivity contribution in [1.82, 2.24) is 4.57 Å². The molecule has 3 rings (SSSR count). The highest BCUT2D eigenvalue weighted by atomic mass is 32.1. The molecule has 0 spiro atoms. The molecular weight excluding hydrogens is 352 g/mol. The van der Waals surface area contributed by atoms with E-state index in [1.54, 1.807) is 38.5 Å². The summed E-state index contributed by atoms with van der Waals surface area (Å²) >= 11 is 1.39. The number of aromatic nitrogens is 1. The Morgan fingerprint density at radius 3 is 2.15 bits per heavy atom. The van der Waals surface area contributed by atoms with Crippen LogP contribution in [0.1, 0.15) is 27.6 Å². The summed E-state index contributed by atoms with van der Waals surface area (Å²) in [6.45, 7) is 1.49. The highest BCUT2D eigenvalue weighted by Gasteiger charge is 2.12. The summed E-state index contributed by atoms with van der Waals surface area (Å²) in [7, 11) is 5.00. The van der Waals surface area contributed by atoms with Gasteiger partial charge in [-0.1, -0.05) is 23.5 Å². The van der Waals surface area contributed by atoms with Crippen LogP contribution in [0.25, 0.3) is 10.2 Å². The Balaban J connectivity index is 2.05. The molecule has 0 atom stereocenters. The second-order valence-electron chi connectivity index (χ2n) is 5.67. The topological polar surface area (TPSA) is 69.9 Å². The van der Waals surface area contributed by atoms with Crippen molar-refractivity contribution in [2.75, 3.05) is 14.2 Å². The molecule has 0 aliphatic heterocycles. The van der Waals surface area contributed by atoms with E-state index >= 15 is 0 Å². The predicted molar refractivity (Wildman–Crippen MR) is 100 cm³/mol. The van der Waals surface area contributed by atoms with Crippen LogP contribution in [0.4, 0.5) is 0 Å². The van der Waals surface area contributed by atoms with E-state index in [1.165, 1.54) is 18.3 Å². The third-order valence-corrected chi connectivity index (χ3v) is 5.14. The molecule has 1 amide bonds. The molecule has 0 saturated carbocycles. The predicted octanol–water partition coefficient (Wildman–Crippen LogP) is 3.20. The summed E-state index contributed by atoms with van der Waals surface area (Å²) in [5.41, 5.74) is 1.89. The van der Waals surface area contributed by atoms with Gasteiger partial charge in [0.15, 0.2) is 22.1 Å². The van der Waals surface area contributed by atoms with Gasteiger partial charge in [-0.2, -0.15) is 4.99 Å². The van der Waals surface area contributed by atoms with E-state index in [9.17, 15) is 9.59 Å². The summed E-state index contributed by atoms with van der Waals surface area (Å²) in [5, 5.41) is 0. The largest absolute Gasteiger partial charge is 0.493 e. The fraction of sp³-hybridized carbons (Fsp3) is 0.211. The van der Waals surface area contributed by atoms with Crippen molar-refractivity contribution in [3.63, 3.8) is 0 Å². The Morgan fingerprint density at radius 1 is 1.00 bits per heavy atom. The smallest absolute Gasteiger partial charge is 0.279 e. The van der Waals surface area contributed by atoms with Gasteiger partial charge in [0.2, 0.25) is 0 Å². The van der Waals surface area contributed by atoms with E-state index < -0.39 is 0 Å². The SMILES string of the molecule is COc1cc2sc(=NC(=O)c3ccc(C(C)=O)cc3)n(C)c2cc1OC.